The minimum Gasteiger partial charge on any atom is -0.397 e. The van der Waals surface area contributed by atoms with E-state index in [1.807, 2.05) is 13.8 Å². The largest absolute Gasteiger partial charge is 0.397 e. The summed E-state index contributed by atoms with van der Waals surface area (Å²) in [6.45, 7) is 3.89. The summed E-state index contributed by atoms with van der Waals surface area (Å²) in [5, 5.41) is 0.487. The number of anilines is 2. The first kappa shape index (κ1) is 11.5. The van der Waals surface area contributed by atoms with Crippen molar-refractivity contribution in [1.29, 1.82) is 0 Å². The highest BCUT2D eigenvalue weighted by Gasteiger charge is 2.72. The molecule has 94 valence electrons. The fourth-order valence-electron chi connectivity index (χ4n) is 2.91. The van der Waals surface area contributed by atoms with Crippen molar-refractivity contribution in [2.24, 2.45) is 17.3 Å². The van der Waals surface area contributed by atoms with Crippen molar-refractivity contribution in [3.05, 3.63) is 23.2 Å². The van der Waals surface area contributed by atoms with Gasteiger partial charge in [-0.3, -0.25) is 9.59 Å². The maximum absolute atomic E-state index is 12.2. The number of hydrogen-bond acceptors (Lipinski definition) is 3. The number of fused-ring (bicyclic) bond motifs is 1. The second-order valence-electron chi connectivity index (χ2n) is 5.49. The van der Waals surface area contributed by atoms with Gasteiger partial charge in [-0.05, 0) is 23.6 Å². The van der Waals surface area contributed by atoms with Gasteiger partial charge in [0.05, 0.1) is 23.2 Å². The predicted molar refractivity (Wildman–Crippen MR) is 69.1 cm³/mol. The molecule has 1 aliphatic heterocycles. The molecule has 2 amide bonds. The van der Waals surface area contributed by atoms with Crippen molar-refractivity contribution in [2.75, 3.05) is 10.6 Å². The number of hydrogen-bond donors (Lipinski definition) is 1. The SMILES string of the molecule is CC1(C)C2C(=O)N(c3ccc(Cl)cc3N)C(=O)C21. The molecule has 18 heavy (non-hydrogen) atoms. The molecule has 1 saturated carbocycles. The number of nitrogens with two attached hydrogens (primary N) is 1. The predicted octanol–water partition coefficient (Wildman–Crippen LogP) is 2.07. The Morgan fingerprint density at radius 1 is 1.22 bits per heavy atom. The van der Waals surface area contributed by atoms with Gasteiger partial charge in [0, 0.05) is 5.02 Å². The molecule has 0 aromatic heterocycles. The van der Waals surface area contributed by atoms with Crippen LogP contribution < -0.4 is 10.6 Å². The van der Waals surface area contributed by atoms with Crippen molar-refractivity contribution in [2.45, 2.75) is 13.8 Å². The molecule has 2 N–H and O–H groups in total. The highest BCUT2D eigenvalue weighted by Crippen LogP contribution is 2.63. The van der Waals surface area contributed by atoms with Crippen LogP contribution in [0.4, 0.5) is 11.4 Å². The normalized spacial score (nSPS) is 28.5. The van der Waals surface area contributed by atoms with Gasteiger partial charge >= 0.3 is 0 Å². The molecular formula is C13H13ClN2O2. The van der Waals surface area contributed by atoms with Gasteiger partial charge in [-0.2, -0.15) is 0 Å². The van der Waals surface area contributed by atoms with E-state index in [0.717, 1.165) is 0 Å². The highest BCUT2D eigenvalue weighted by molar-refractivity contribution is 6.31. The van der Waals surface area contributed by atoms with Gasteiger partial charge in [0.1, 0.15) is 0 Å². The van der Waals surface area contributed by atoms with E-state index < -0.39 is 0 Å². The van der Waals surface area contributed by atoms with E-state index in [4.69, 9.17) is 17.3 Å². The molecule has 1 heterocycles. The van der Waals surface area contributed by atoms with Crippen LogP contribution in [0.2, 0.25) is 5.02 Å². The third-order valence-electron chi connectivity index (χ3n) is 4.03. The molecule has 2 atom stereocenters. The van der Waals surface area contributed by atoms with Crippen LogP contribution in [0.3, 0.4) is 0 Å². The molecule has 1 aromatic carbocycles. The maximum atomic E-state index is 12.2. The van der Waals surface area contributed by atoms with Crippen molar-refractivity contribution in [3.63, 3.8) is 0 Å². The Morgan fingerprint density at radius 3 is 2.28 bits per heavy atom. The molecule has 1 aliphatic carbocycles. The topological polar surface area (TPSA) is 63.4 Å². The summed E-state index contributed by atoms with van der Waals surface area (Å²) in [6, 6.07) is 4.79. The number of carbonyl (C=O) groups is 2. The smallest absolute Gasteiger partial charge is 0.238 e. The first-order chi connectivity index (χ1) is 8.35. The Balaban J connectivity index is 2.01. The molecule has 2 unspecified atom stereocenters. The second-order valence-corrected chi connectivity index (χ2v) is 5.93. The number of imide groups is 1. The van der Waals surface area contributed by atoms with Crippen LogP contribution in [0.1, 0.15) is 13.8 Å². The molecule has 0 spiro atoms. The number of halogens is 1. The molecular weight excluding hydrogens is 252 g/mol. The van der Waals surface area contributed by atoms with Gasteiger partial charge in [0.15, 0.2) is 0 Å². The van der Waals surface area contributed by atoms with Gasteiger partial charge in [0.25, 0.3) is 0 Å². The molecule has 1 aromatic rings. The van der Waals surface area contributed by atoms with Crippen LogP contribution in [0.15, 0.2) is 18.2 Å². The van der Waals surface area contributed by atoms with Crippen LogP contribution in [0.5, 0.6) is 0 Å². The quantitative estimate of drug-likeness (QED) is 0.624. The molecule has 5 heteroatoms. The third kappa shape index (κ3) is 1.27. The standard InChI is InChI=1S/C13H13ClN2O2/c1-13(2)9-10(13)12(18)16(11(9)17)8-4-3-6(14)5-7(8)15/h3-5,9-10H,15H2,1-2H3. The van der Waals surface area contributed by atoms with Crippen LogP contribution in [0, 0.1) is 17.3 Å². The summed E-state index contributed by atoms with van der Waals surface area (Å²) < 4.78 is 0. The Labute approximate surface area is 110 Å². The number of amides is 2. The zero-order chi connectivity index (χ0) is 13.2. The Bertz CT molecular complexity index is 558. The summed E-state index contributed by atoms with van der Waals surface area (Å²) in [5.74, 6) is -0.687. The Hall–Kier alpha value is -1.55. The van der Waals surface area contributed by atoms with E-state index >= 15 is 0 Å². The lowest BCUT2D eigenvalue weighted by molar-refractivity contribution is -0.125. The van der Waals surface area contributed by atoms with E-state index in [0.29, 0.717) is 16.4 Å². The van der Waals surface area contributed by atoms with Gasteiger partial charge in [-0.25, -0.2) is 4.90 Å². The fraction of sp³-hybridized carbons (Fsp3) is 0.385. The van der Waals surface area contributed by atoms with E-state index in [2.05, 4.69) is 0 Å². The monoisotopic (exact) mass is 264 g/mol. The summed E-state index contributed by atoms with van der Waals surface area (Å²) in [7, 11) is 0. The number of piperidine rings is 1. The van der Waals surface area contributed by atoms with Gasteiger partial charge < -0.3 is 5.73 Å². The number of nitrogen functional groups attached to an aromatic ring is 1. The summed E-state index contributed by atoms with van der Waals surface area (Å²) >= 11 is 5.81. The van der Waals surface area contributed by atoms with Gasteiger partial charge in [-0.15, -0.1) is 0 Å². The summed E-state index contributed by atoms with van der Waals surface area (Å²) in [5.41, 5.74) is 6.41. The Morgan fingerprint density at radius 2 is 1.78 bits per heavy atom. The first-order valence-corrected chi connectivity index (χ1v) is 6.16. The Kier molecular flexibility index (Phi) is 2.09. The van der Waals surface area contributed by atoms with Crippen LogP contribution in [-0.4, -0.2) is 11.8 Å². The first-order valence-electron chi connectivity index (χ1n) is 5.78. The van der Waals surface area contributed by atoms with E-state index in [9.17, 15) is 9.59 Å². The van der Waals surface area contributed by atoms with Crippen LogP contribution in [0.25, 0.3) is 0 Å². The number of rotatable bonds is 1. The molecule has 0 radical (unpaired) electrons. The van der Waals surface area contributed by atoms with E-state index in [1.54, 1.807) is 18.2 Å². The highest BCUT2D eigenvalue weighted by atomic mass is 35.5. The fourth-order valence-corrected chi connectivity index (χ4v) is 3.09. The third-order valence-corrected chi connectivity index (χ3v) is 4.27. The molecule has 4 nitrogen and oxygen atoms in total. The zero-order valence-electron chi connectivity index (χ0n) is 10.1. The molecule has 2 aliphatic rings. The molecule has 3 rings (SSSR count). The minimum absolute atomic E-state index is 0.149. The average molecular weight is 265 g/mol. The molecule has 2 fully saturated rings. The lowest BCUT2D eigenvalue weighted by Gasteiger charge is -2.21. The minimum atomic E-state index is -0.203. The molecule has 1 saturated heterocycles. The van der Waals surface area contributed by atoms with Crippen LogP contribution >= 0.6 is 11.6 Å². The van der Waals surface area contributed by atoms with Crippen molar-refractivity contribution >= 4 is 34.8 Å². The lowest BCUT2D eigenvalue weighted by atomic mass is 10.0. The number of benzene rings is 1. The second kappa shape index (κ2) is 3.26. The van der Waals surface area contributed by atoms with Crippen molar-refractivity contribution in [1.82, 2.24) is 0 Å². The van der Waals surface area contributed by atoms with E-state index in [1.165, 1.54) is 4.90 Å². The van der Waals surface area contributed by atoms with Gasteiger partial charge in [-0.1, -0.05) is 25.4 Å². The molecule has 0 bridgehead atoms. The average Bonchev–Trinajstić information content (AvgIpc) is 2.72. The van der Waals surface area contributed by atoms with Crippen LogP contribution in [-0.2, 0) is 9.59 Å². The number of nitrogens with zero attached hydrogens (tertiary/aromatic N) is 1. The summed E-state index contributed by atoms with van der Waals surface area (Å²) in [4.78, 5) is 25.7. The van der Waals surface area contributed by atoms with Crippen molar-refractivity contribution < 1.29 is 9.59 Å². The summed E-state index contributed by atoms with van der Waals surface area (Å²) in [6.07, 6.45) is 0. The zero-order valence-corrected chi connectivity index (χ0v) is 10.9. The number of carbonyl (C=O) groups excluding carboxylic acids is 2. The van der Waals surface area contributed by atoms with Gasteiger partial charge in [0.2, 0.25) is 11.8 Å². The van der Waals surface area contributed by atoms with E-state index in [-0.39, 0.29) is 29.1 Å². The van der Waals surface area contributed by atoms with Crippen molar-refractivity contribution in [3.8, 4) is 0 Å². The lowest BCUT2D eigenvalue weighted by Crippen LogP contribution is -2.36. The maximum Gasteiger partial charge on any atom is 0.238 e.